The number of ether oxygens (including phenoxy) is 4. The van der Waals surface area contributed by atoms with Crippen molar-refractivity contribution in [3.63, 3.8) is 0 Å². The van der Waals surface area contributed by atoms with Crippen LogP contribution in [0.25, 0.3) is 0 Å². The van der Waals surface area contributed by atoms with E-state index in [2.05, 4.69) is 34.6 Å². The number of aliphatic hydroxyl groups excluding tert-OH is 1. The molecule has 5 atom stereocenters. The van der Waals surface area contributed by atoms with Crippen LogP contribution in [0.1, 0.15) is 497 Å². The number of aliphatic hydroxyl groups is 1. The van der Waals surface area contributed by atoms with Crippen molar-refractivity contribution in [1.29, 1.82) is 0 Å². The van der Waals surface area contributed by atoms with E-state index in [0.717, 1.165) is 96.3 Å². The number of carbonyl (C=O) groups is 4. The molecule has 17 nitrogen and oxygen atoms in total. The predicted octanol–water partition coefficient (Wildman–Crippen LogP) is 28.3. The van der Waals surface area contributed by atoms with Crippen molar-refractivity contribution in [2.75, 3.05) is 39.6 Å². The Morgan fingerprint density at radius 2 is 0.418 bits per heavy atom. The zero-order valence-corrected chi connectivity index (χ0v) is 74.2. The molecule has 0 aromatic carbocycles. The van der Waals surface area contributed by atoms with Gasteiger partial charge in [-0.05, 0) is 31.6 Å². The Kier molecular flexibility index (Phi) is 82.1. The van der Waals surface area contributed by atoms with Crippen LogP contribution in [0, 0.1) is 5.92 Å². The van der Waals surface area contributed by atoms with Crippen LogP contribution < -0.4 is 0 Å². The highest BCUT2D eigenvalue weighted by atomic mass is 31.2. The molecule has 0 saturated carbocycles. The van der Waals surface area contributed by atoms with E-state index in [1.807, 2.05) is 0 Å². The van der Waals surface area contributed by atoms with E-state index in [1.165, 1.54) is 315 Å². The standard InChI is InChI=1S/C91H178O17P2/c1-6-9-12-15-18-21-24-27-30-33-36-38-39-41-44-47-50-53-56-61-67-71-76-90(95)107-86(80-101-88(93)74-69-64-59-54-51-48-45-43-40-37-34-31-28-25-22-19-16-13-10-7-2)82-105-109(97,98)103-78-85(92)79-104-110(99,100)106-83-87(81-102-89(94)75-70-65-62-57-58-63-68-73-84(4)5)108-91(96)77-72-66-60-55-52-49-46-42-35-32-29-26-23-20-17-14-11-8-3/h84-87,92H,6-83H2,1-5H3,(H,97,98)(H,99,100)/t85-,86-,87-/m1/s1. The fourth-order valence-corrected chi connectivity index (χ4v) is 15.9. The number of phosphoric ester groups is 2. The molecule has 19 heteroatoms. The van der Waals surface area contributed by atoms with E-state index >= 15 is 0 Å². The fraction of sp³-hybridized carbons (Fsp3) is 0.956. The number of rotatable bonds is 91. The second-order valence-corrected chi connectivity index (χ2v) is 36.1. The third-order valence-electron chi connectivity index (χ3n) is 21.5. The Hall–Kier alpha value is -1.94. The lowest BCUT2D eigenvalue weighted by Crippen LogP contribution is -2.30. The third-order valence-corrected chi connectivity index (χ3v) is 23.4. The van der Waals surface area contributed by atoms with E-state index in [1.54, 1.807) is 0 Å². The van der Waals surface area contributed by atoms with E-state index in [-0.39, 0.29) is 25.7 Å². The molecular formula is C91H178O17P2. The molecule has 0 aliphatic heterocycles. The summed E-state index contributed by atoms with van der Waals surface area (Å²) in [6.45, 7) is 7.34. The summed E-state index contributed by atoms with van der Waals surface area (Å²) in [7, 11) is -9.93. The van der Waals surface area contributed by atoms with Crippen molar-refractivity contribution in [2.24, 2.45) is 5.92 Å². The Morgan fingerprint density at radius 1 is 0.245 bits per heavy atom. The van der Waals surface area contributed by atoms with E-state index in [9.17, 15) is 43.2 Å². The third kappa shape index (κ3) is 84.0. The Balaban J connectivity index is 5.21. The first-order chi connectivity index (χ1) is 53.5. The van der Waals surface area contributed by atoms with Gasteiger partial charge in [0, 0.05) is 25.7 Å². The summed E-state index contributed by atoms with van der Waals surface area (Å²) in [4.78, 5) is 73.4. The zero-order valence-electron chi connectivity index (χ0n) is 72.4. The minimum absolute atomic E-state index is 0.108. The highest BCUT2D eigenvalue weighted by molar-refractivity contribution is 7.47. The molecule has 0 heterocycles. The summed E-state index contributed by atoms with van der Waals surface area (Å²) < 4.78 is 69.0. The normalized spacial score (nSPS) is 13.7. The van der Waals surface area contributed by atoms with Crippen LogP contribution >= 0.6 is 15.6 Å². The summed E-state index contributed by atoms with van der Waals surface area (Å²) >= 11 is 0. The molecule has 0 saturated heterocycles. The molecule has 0 rings (SSSR count). The first-order valence-corrected chi connectivity index (χ1v) is 50.1. The number of carbonyl (C=O) groups excluding carboxylic acids is 4. The molecule has 0 bridgehead atoms. The maximum atomic E-state index is 13.2. The molecule has 0 amide bonds. The number of hydrogen-bond acceptors (Lipinski definition) is 15. The Bertz CT molecular complexity index is 2080. The maximum Gasteiger partial charge on any atom is 0.472 e. The van der Waals surface area contributed by atoms with Gasteiger partial charge in [0.2, 0.25) is 0 Å². The van der Waals surface area contributed by atoms with Gasteiger partial charge in [-0.25, -0.2) is 9.13 Å². The van der Waals surface area contributed by atoms with Crippen molar-refractivity contribution in [1.82, 2.24) is 0 Å². The van der Waals surface area contributed by atoms with Gasteiger partial charge in [0.1, 0.15) is 19.3 Å². The van der Waals surface area contributed by atoms with Gasteiger partial charge in [-0.1, -0.05) is 446 Å². The van der Waals surface area contributed by atoms with Crippen molar-refractivity contribution < 1.29 is 80.2 Å². The molecule has 0 radical (unpaired) electrons. The van der Waals surface area contributed by atoms with Gasteiger partial charge in [0.05, 0.1) is 26.4 Å². The monoisotopic (exact) mass is 1610 g/mol. The lowest BCUT2D eigenvalue weighted by atomic mass is 10.0. The highest BCUT2D eigenvalue weighted by Crippen LogP contribution is 2.45. The van der Waals surface area contributed by atoms with Crippen LogP contribution in [-0.4, -0.2) is 96.7 Å². The smallest absolute Gasteiger partial charge is 0.462 e. The van der Waals surface area contributed by atoms with Gasteiger partial charge < -0.3 is 33.8 Å². The Labute approximate surface area is 677 Å². The molecule has 654 valence electrons. The summed E-state index contributed by atoms with van der Waals surface area (Å²) in [6, 6.07) is 0. The van der Waals surface area contributed by atoms with Gasteiger partial charge in [-0.15, -0.1) is 0 Å². The maximum absolute atomic E-state index is 13.2. The van der Waals surface area contributed by atoms with E-state index in [4.69, 9.17) is 37.0 Å². The molecule has 0 aliphatic rings. The van der Waals surface area contributed by atoms with E-state index in [0.29, 0.717) is 31.6 Å². The zero-order chi connectivity index (χ0) is 80.4. The van der Waals surface area contributed by atoms with Crippen molar-refractivity contribution >= 4 is 39.5 Å². The summed E-state index contributed by atoms with van der Waals surface area (Å²) in [5.74, 6) is -1.39. The first-order valence-electron chi connectivity index (χ1n) is 47.1. The molecule has 0 aromatic heterocycles. The van der Waals surface area contributed by atoms with Gasteiger partial charge >= 0.3 is 39.5 Å². The lowest BCUT2D eigenvalue weighted by molar-refractivity contribution is -0.161. The minimum Gasteiger partial charge on any atom is -0.462 e. The van der Waals surface area contributed by atoms with Gasteiger partial charge in [-0.3, -0.25) is 37.3 Å². The summed E-state index contributed by atoms with van der Waals surface area (Å²) in [6.07, 6.45) is 79.5. The van der Waals surface area contributed by atoms with E-state index < -0.39 is 97.5 Å². The van der Waals surface area contributed by atoms with Crippen LogP contribution in [0.5, 0.6) is 0 Å². The van der Waals surface area contributed by atoms with Crippen LogP contribution in [-0.2, 0) is 65.4 Å². The SMILES string of the molecule is CCCCCCCCCCCCCCCCCCCCCCCCC(=O)O[C@H](COC(=O)CCCCCCCCCCCCCCCCCCCCCC)COP(=O)(O)OC[C@@H](O)COP(=O)(O)OC[C@@H](COC(=O)CCCCCCCCCC(C)C)OC(=O)CCCCCCCCCCCCCCCCCCCC. The van der Waals surface area contributed by atoms with Crippen LogP contribution in [0.3, 0.4) is 0 Å². The molecule has 110 heavy (non-hydrogen) atoms. The summed E-state index contributed by atoms with van der Waals surface area (Å²) in [5, 5.41) is 10.7. The topological polar surface area (TPSA) is 237 Å². The number of esters is 4. The minimum atomic E-state index is -4.97. The molecule has 0 aromatic rings. The summed E-state index contributed by atoms with van der Waals surface area (Å²) in [5.41, 5.74) is 0. The fourth-order valence-electron chi connectivity index (χ4n) is 14.4. The van der Waals surface area contributed by atoms with Gasteiger partial charge in [0.15, 0.2) is 12.2 Å². The molecule has 0 aliphatic carbocycles. The quantitative estimate of drug-likeness (QED) is 0.0222. The number of hydrogen-bond donors (Lipinski definition) is 3. The van der Waals surface area contributed by atoms with Crippen molar-refractivity contribution in [2.45, 2.75) is 515 Å². The van der Waals surface area contributed by atoms with Crippen LogP contribution in [0.15, 0.2) is 0 Å². The number of unbranched alkanes of at least 4 members (excludes halogenated alkanes) is 63. The van der Waals surface area contributed by atoms with Crippen LogP contribution in [0.4, 0.5) is 0 Å². The van der Waals surface area contributed by atoms with Crippen LogP contribution in [0.2, 0.25) is 0 Å². The van der Waals surface area contributed by atoms with Crippen molar-refractivity contribution in [3.8, 4) is 0 Å². The van der Waals surface area contributed by atoms with Gasteiger partial charge in [-0.2, -0.15) is 0 Å². The average Bonchev–Trinajstić information content (AvgIpc) is 0.897. The largest absolute Gasteiger partial charge is 0.472 e. The predicted molar refractivity (Wildman–Crippen MR) is 455 cm³/mol. The highest BCUT2D eigenvalue weighted by Gasteiger charge is 2.31. The molecule has 0 spiro atoms. The molecule has 2 unspecified atom stereocenters. The second-order valence-electron chi connectivity index (χ2n) is 33.2. The molecule has 0 fully saturated rings. The second kappa shape index (κ2) is 83.5. The first kappa shape index (κ1) is 108. The average molecular weight is 1610 g/mol. The molecular weight excluding hydrogens is 1430 g/mol. The molecule has 3 N–H and O–H groups in total. The lowest BCUT2D eigenvalue weighted by Gasteiger charge is -2.21. The Morgan fingerprint density at radius 3 is 0.618 bits per heavy atom. The number of phosphoric acid groups is 2. The van der Waals surface area contributed by atoms with Gasteiger partial charge in [0.25, 0.3) is 0 Å². The van der Waals surface area contributed by atoms with Crippen molar-refractivity contribution in [3.05, 3.63) is 0 Å².